The van der Waals surface area contributed by atoms with Gasteiger partial charge in [0.2, 0.25) is 35.7 Å². The molecule has 39 nitrogen and oxygen atoms in total. The van der Waals surface area contributed by atoms with Crippen molar-refractivity contribution in [3.63, 3.8) is 0 Å². The van der Waals surface area contributed by atoms with Crippen molar-refractivity contribution in [2.45, 2.75) is 9.79 Å². The number of hydrogen-bond donors (Lipinski definition) is 13. The molecule has 0 aliphatic carbocycles. The number of nitrogens with zero attached hydrogens (tertiary/aromatic N) is 18. The zero-order valence-corrected chi connectivity index (χ0v) is 60.8. The summed E-state index contributed by atoms with van der Waals surface area (Å²) in [4.78, 5) is 67.0. The van der Waals surface area contributed by atoms with Crippen LogP contribution in [0.5, 0.6) is 11.5 Å². The van der Waals surface area contributed by atoms with Crippen molar-refractivity contribution in [2.75, 3.05) is 199 Å². The lowest BCUT2D eigenvalue weighted by Gasteiger charge is -2.36. The van der Waals surface area contributed by atoms with E-state index in [1.54, 1.807) is 36.4 Å². The van der Waals surface area contributed by atoms with Crippen LogP contribution < -0.4 is 58.5 Å². The number of amides is 1. The molecule has 4 aliphatic heterocycles. The van der Waals surface area contributed by atoms with Crippen molar-refractivity contribution < 1.29 is 63.8 Å². The number of aromatic hydroxyl groups is 2. The molecule has 0 radical (unpaired) electrons. The first-order valence-electron chi connectivity index (χ1n) is 33.9. The van der Waals surface area contributed by atoms with Crippen LogP contribution in [0.1, 0.15) is 10.4 Å². The van der Waals surface area contributed by atoms with Crippen LogP contribution in [0.4, 0.5) is 75.5 Å². The summed E-state index contributed by atoms with van der Waals surface area (Å²) in [7, 11) is -13.6. The summed E-state index contributed by atoms with van der Waals surface area (Å²) >= 11 is 0. The molecular weight excluding hydrogens is 1450 g/mol. The fourth-order valence-electron chi connectivity index (χ4n) is 12.2. The van der Waals surface area contributed by atoms with E-state index in [0.29, 0.717) is 126 Å². The van der Waals surface area contributed by atoms with E-state index in [0.717, 1.165) is 78.5 Å². The summed E-state index contributed by atoms with van der Waals surface area (Å²) in [6.45, 7) is 16.9. The van der Waals surface area contributed by atoms with E-state index in [9.17, 15) is 49.4 Å². The molecule has 2 aromatic heterocycles. The van der Waals surface area contributed by atoms with Crippen LogP contribution in [-0.2, 0) is 35.1 Å². The smallest absolute Gasteiger partial charge is 0.296 e. The van der Waals surface area contributed by atoms with Gasteiger partial charge in [-0.25, -0.2) is 0 Å². The second-order valence-electron chi connectivity index (χ2n) is 25.0. The van der Waals surface area contributed by atoms with Crippen LogP contribution >= 0.6 is 0 Å². The first kappa shape index (κ1) is 79.4. The third-order valence-corrected chi connectivity index (χ3v) is 19.3. The lowest BCUT2D eigenvalue weighted by atomic mass is 10.1. The van der Waals surface area contributed by atoms with E-state index in [4.69, 9.17) is 67.3 Å². The summed E-state index contributed by atoms with van der Waals surface area (Å²) in [5.74, 6) is 0.819. The number of benzene rings is 6. The molecule has 572 valence electrons. The Morgan fingerprint density at radius 2 is 0.738 bits per heavy atom. The number of nitrogens with one attached hydrogen (secondary N) is 3. The quantitative estimate of drug-likeness (QED) is 0.0234. The second-order valence-corrected chi connectivity index (χ2v) is 29.2. The predicted molar refractivity (Wildman–Crippen MR) is 403 cm³/mol. The molecule has 17 N–H and O–H groups in total. The number of anilines is 9. The van der Waals surface area contributed by atoms with Gasteiger partial charge in [0.15, 0.2) is 11.5 Å². The largest absolute Gasteiger partial charge is 0.505 e. The highest BCUT2D eigenvalue weighted by Crippen LogP contribution is 2.44. The van der Waals surface area contributed by atoms with Crippen LogP contribution in [0, 0.1) is 0 Å². The monoisotopic (exact) mass is 1540 g/mol. The van der Waals surface area contributed by atoms with Crippen LogP contribution in [0.15, 0.2) is 127 Å². The van der Waals surface area contributed by atoms with Gasteiger partial charge in [-0.3, -0.25) is 42.8 Å². The van der Waals surface area contributed by atoms with Gasteiger partial charge in [0, 0.05) is 190 Å². The Bertz CT molecular complexity index is 4760. The average Bonchev–Trinajstić information content (AvgIpc) is 0.763. The lowest BCUT2D eigenvalue weighted by molar-refractivity contribution is -0.122. The fourth-order valence-corrected chi connectivity index (χ4v) is 13.5. The number of fused-ring (bicyclic) bond motifs is 2. The highest BCUT2D eigenvalue weighted by atomic mass is 32.2. The van der Waals surface area contributed by atoms with Crippen LogP contribution in [-0.4, -0.2) is 279 Å². The summed E-state index contributed by atoms with van der Waals surface area (Å²) in [5.41, 5.74) is 24.1. The fraction of sp³-hybridized carbons (Fsp3) is 0.385. The van der Waals surface area contributed by atoms with Gasteiger partial charge in [0.1, 0.15) is 21.2 Å². The third-order valence-electron chi connectivity index (χ3n) is 17.6. The van der Waals surface area contributed by atoms with E-state index in [1.807, 2.05) is 0 Å². The summed E-state index contributed by atoms with van der Waals surface area (Å²) in [5, 5.41) is 56.6. The first-order valence-corrected chi connectivity index (χ1v) is 38.6. The van der Waals surface area contributed by atoms with Crippen molar-refractivity contribution in [3.8, 4) is 11.5 Å². The van der Waals surface area contributed by atoms with Crippen molar-refractivity contribution in [1.82, 2.24) is 49.5 Å². The molecule has 6 heterocycles. The van der Waals surface area contributed by atoms with Crippen LogP contribution in [0.2, 0.25) is 0 Å². The number of rotatable bonds is 24. The molecule has 4 fully saturated rings. The number of carboxylic acid groups (broad SMARTS) is 1. The number of nitrogens with two attached hydrogens (primary N) is 4. The molecule has 4 aliphatic rings. The van der Waals surface area contributed by atoms with E-state index < -0.39 is 68.9 Å². The minimum Gasteiger partial charge on any atom is -0.505 e. The maximum absolute atomic E-state index is 13.5. The van der Waals surface area contributed by atoms with E-state index in [2.05, 4.69) is 75.6 Å². The topological polar surface area (TPSA) is 551 Å². The highest BCUT2D eigenvalue weighted by Gasteiger charge is 2.29. The minimum absolute atomic E-state index is 0.163. The van der Waals surface area contributed by atoms with Crippen molar-refractivity contribution in [2.24, 2.45) is 43.4 Å². The normalized spacial score (nSPS) is 16.0. The van der Waals surface area contributed by atoms with Gasteiger partial charge in [0.05, 0.1) is 17.6 Å². The number of hydrogen-bond acceptors (Lipinski definition) is 34. The zero-order chi connectivity index (χ0) is 76.6. The Balaban J connectivity index is 0.00000146. The number of azo groups is 2. The molecule has 6 aromatic carbocycles. The molecule has 0 saturated carbocycles. The van der Waals surface area contributed by atoms with Gasteiger partial charge in [-0.15, -0.1) is 10.2 Å². The van der Waals surface area contributed by atoms with Crippen molar-refractivity contribution in [3.05, 3.63) is 103 Å². The van der Waals surface area contributed by atoms with E-state index >= 15 is 0 Å². The standard InChI is InChI=1S/C63H79N25O9S2.CH4O3S.CH2O2/c64-13-17-81-21-29-85(30-22-81)60-71-58(72-61(75-60)86-31-23-82(18-14-65)24-32-86)69-47-9-11-49-42(37-47)39-51(98(92,93)94)53(55(49)89)79-77-45-3-1-41(2-4-45)57(91)68-44-5-7-46(8-6-44)78-80-54-52(99(95,96)97)40-43-38-48(10-12-50(43)56(54)90)70-59-73-62(87-33-25-83(19-15-66)26-34-87)76-63(74-59)88-35-27-84(20-16-67)28-36-88;1-5(2,3)4;2-1-3/h1-12,37-40,89-90H,13-36,64-67H2,(H,68,91)(H,92,93,94)(H,95,96,97)(H,69,71,72,75)(H,70,73,74,76);1H3,(H,2,3,4);1H,(H,2,3). The first-order chi connectivity index (χ1) is 51.2. The molecule has 8 aromatic rings. The van der Waals surface area contributed by atoms with Gasteiger partial charge in [-0.2, -0.15) is 65.4 Å². The molecule has 1 amide bonds. The summed E-state index contributed by atoms with van der Waals surface area (Å²) < 4.78 is 98.5. The molecule has 12 rings (SSSR count). The zero-order valence-electron chi connectivity index (χ0n) is 58.3. The van der Waals surface area contributed by atoms with Gasteiger partial charge >= 0.3 is 0 Å². The lowest BCUT2D eigenvalue weighted by Crippen LogP contribution is -2.49. The molecule has 4 saturated heterocycles. The number of phenolic OH excluding ortho intramolecular Hbond substituents is 2. The average molecular weight is 1540 g/mol. The van der Waals surface area contributed by atoms with Crippen LogP contribution in [0.3, 0.4) is 0 Å². The Hall–Kier alpha value is -10.2. The molecule has 107 heavy (non-hydrogen) atoms. The molecule has 42 heteroatoms. The van der Waals surface area contributed by atoms with Crippen molar-refractivity contribution in [1.29, 1.82) is 0 Å². The molecule has 0 bridgehead atoms. The van der Waals surface area contributed by atoms with Gasteiger partial charge in [-0.1, -0.05) is 0 Å². The molecule has 0 unspecified atom stereocenters. The predicted octanol–water partition coefficient (Wildman–Crippen LogP) is 3.37. The minimum atomic E-state index is -4.99. The van der Waals surface area contributed by atoms with E-state index in [1.165, 1.54) is 60.7 Å². The Labute approximate surface area is 616 Å². The Morgan fingerprint density at radius 1 is 0.449 bits per heavy atom. The maximum atomic E-state index is 13.5. The molecular formula is C65H85N25O14S3. The van der Waals surface area contributed by atoms with Gasteiger partial charge in [-0.05, 0) is 108 Å². The SMILES string of the molecule is CS(=O)(=O)O.NCCN1CCN(c2nc(Nc3ccc4c(O)c(N=Nc5ccc(NC(=O)c6ccc(N=Nc7c(S(=O)(=O)O)cc8cc(Nc9nc(N%10CCN(CCN)CC%10)nc(N%10CCN(CCN)CC%10)n9)ccc8c7O)cc6)cc5)c(S(=O)(=O)O)cc4c3)nc(N3CCN(CCN)CC3)n2)CC1.O=CO. The Morgan fingerprint density at radius 3 is 1.03 bits per heavy atom. The summed E-state index contributed by atoms with van der Waals surface area (Å²) in [6.07, 6.45) is 0.715. The molecule has 0 spiro atoms. The van der Waals surface area contributed by atoms with Gasteiger partial charge < -0.3 is 73.8 Å². The highest BCUT2D eigenvalue weighted by molar-refractivity contribution is 7.86. The number of aromatic nitrogens is 6. The number of carbonyl (C=O) groups is 2. The summed E-state index contributed by atoms with van der Waals surface area (Å²) in [6, 6.07) is 23.7. The van der Waals surface area contributed by atoms with Crippen LogP contribution in [0.25, 0.3) is 21.5 Å². The number of carbonyl (C=O) groups excluding carboxylic acids is 1. The number of piperazine rings is 4. The third kappa shape index (κ3) is 21.5. The van der Waals surface area contributed by atoms with Gasteiger partial charge in [0.25, 0.3) is 42.7 Å². The Kier molecular flexibility index (Phi) is 26.7. The number of phenols is 2. The van der Waals surface area contributed by atoms with E-state index in [-0.39, 0.29) is 56.9 Å². The van der Waals surface area contributed by atoms with Crippen molar-refractivity contribution >= 4 is 140 Å². The molecule has 0 atom stereocenters. The second kappa shape index (κ2) is 35.9. The maximum Gasteiger partial charge on any atom is 0.296 e.